The molecule has 0 radical (unpaired) electrons. The van der Waals surface area contributed by atoms with Gasteiger partial charge in [-0.25, -0.2) is 0 Å². The second-order valence-corrected chi connectivity index (χ2v) is 6.58. The number of carbonyl (C=O) groups excluding carboxylic acids is 1. The van der Waals surface area contributed by atoms with Crippen LogP contribution >= 0.6 is 23.2 Å². The van der Waals surface area contributed by atoms with Gasteiger partial charge in [-0.2, -0.15) is 0 Å². The molecule has 1 N–H and O–H groups in total. The third kappa shape index (κ3) is 4.59. The molecule has 0 aliphatic carbocycles. The summed E-state index contributed by atoms with van der Waals surface area (Å²) in [7, 11) is 1.85. The van der Waals surface area contributed by atoms with Gasteiger partial charge in [0.1, 0.15) is 6.54 Å². The molecule has 1 heterocycles. The minimum atomic E-state index is -0.987. The van der Waals surface area contributed by atoms with Gasteiger partial charge in [0.25, 0.3) is 0 Å². The number of halogens is 2. The zero-order chi connectivity index (χ0) is 17.0. The highest BCUT2D eigenvalue weighted by molar-refractivity contribution is 6.42. The second kappa shape index (κ2) is 7.99. The molecule has 126 valence electrons. The molecule has 1 unspecified atom stereocenters. The van der Waals surface area contributed by atoms with Crippen molar-refractivity contribution in [2.75, 3.05) is 20.1 Å². The largest absolute Gasteiger partial charge is 0.480 e. The number of hydrogen-bond donors (Lipinski definition) is 1. The molecule has 0 bridgehead atoms. The van der Waals surface area contributed by atoms with Gasteiger partial charge in [0.15, 0.2) is 0 Å². The Labute approximate surface area is 145 Å². The van der Waals surface area contributed by atoms with Crippen LogP contribution in [0.2, 0.25) is 10.0 Å². The van der Waals surface area contributed by atoms with Gasteiger partial charge in [-0.3, -0.25) is 14.5 Å². The van der Waals surface area contributed by atoms with Crippen molar-refractivity contribution in [2.24, 2.45) is 0 Å². The Hall–Kier alpha value is -1.30. The van der Waals surface area contributed by atoms with Crippen molar-refractivity contribution in [3.8, 4) is 0 Å². The van der Waals surface area contributed by atoms with Crippen molar-refractivity contribution >= 4 is 35.1 Å². The first kappa shape index (κ1) is 18.0. The minimum absolute atomic E-state index is 0.134. The summed E-state index contributed by atoms with van der Waals surface area (Å²) in [4.78, 5) is 26.9. The van der Waals surface area contributed by atoms with E-state index in [1.807, 2.05) is 24.1 Å². The number of carbonyl (C=O) groups is 2. The van der Waals surface area contributed by atoms with Crippen molar-refractivity contribution in [3.63, 3.8) is 0 Å². The maximum Gasteiger partial charge on any atom is 0.323 e. The lowest BCUT2D eigenvalue weighted by molar-refractivity contribution is -0.146. The van der Waals surface area contributed by atoms with Gasteiger partial charge in [-0.05, 0) is 37.9 Å². The lowest BCUT2D eigenvalue weighted by Crippen LogP contribution is -2.47. The Morgan fingerprint density at radius 1 is 1.39 bits per heavy atom. The Morgan fingerprint density at radius 3 is 2.83 bits per heavy atom. The predicted molar refractivity (Wildman–Crippen MR) is 89.8 cm³/mol. The summed E-state index contributed by atoms with van der Waals surface area (Å²) in [5.41, 5.74) is 0.850. The second-order valence-electron chi connectivity index (χ2n) is 5.79. The van der Waals surface area contributed by atoms with E-state index in [4.69, 9.17) is 28.3 Å². The molecule has 1 atom stereocenters. The summed E-state index contributed by atoms with van der Waals surface area (Å²) < 4.78 is 0. The molecule has 1 saturated heterocycles. The van der Waals surface area contributed by atoms with E-state index in [0.29, 0.717) is 29.6 Å². The summed E-state index contributed by atoms with van der Waals surface area (Å²) in [6.07, 6.45) is 2.42. The van der Waals surface area contributed by atoms with Crippen LogP contribution in [0.5, 0.6) is 0 Å². The number of carboxylic acids is 1. The van der Waals surface area contributed by atoms with Gasteiger partial charge < -0.3 is 10.0 Å². The van der Waals surface area contributed by atoms with Crippen molar-refractivity contribution in [1.82, 2.24) is 9.80 Å². The van der Waals surface area contributed by atoms with E-state index >= 15 is 0 Å². The van der Waals surface area contributed by atoms with Crippen molar-refractivity contribution in [2.45, 2.75) is 31.8 Å². The molecule has 7 heteroatoms. The average Bonchev–Trinajstić information content (AvgIpc) is 2.66. The van der Waals surface area contributed by atoms with E-state index in [0.717, 1.165) is 18.4 Å². The zero-order valence-corrected chi connectivity index (χ0v) is 14.5. The quantitative estimate of drug-likeness (QED) is 0.878. The monoisotopic (exact) mass is 358 g/mol. The van der Waals surface area contributed by atoms with Gasteiger partial charge >= 0.3 is 5.97 Å². The molecular weight excluding hydrogens is 339 g/mol. The predicted octanol–water partition coefficient (Wildman–Crippen LogP) is 2.89. The van der Waals surface area contributed by atoms with Crippen LogP contribution in [-0.2, 0) is 16.1 Å². The number of likely N-dealkylation sites (tertiary alicyclic amines) is 1. The first-order valence-corrected chi connectivity index (χ1v) is 8.29. The average molecular weight is 359 g/mol. The normalized spacial score (nSPS) is 19.0. The van der Waals surface area contributed by atoms with Gasteiger partial charge in [0, 0.05) is 13.1 Å². The third-order valence-corrected chi connectivity index (χ3v) is 4.92. The first-order chi connectivity index (χ1) is 10.9. The number of nitrogens with zero attached hydrogens (tertiary/aromatic N) is 2. The lowest BCUT2D eigenvalue weighted by atomic mass is 10.1. The first-order valence-electron chi connectivity index (χ1n) is 7.54. The molecule has 1 aromatic rings. The van der Waals surface area contributed by atoms with Crippen LogP contribution in [0.25, 0.3) is 0 Å². The summed E-state index contributed by atoms with van der Waals surface area (Å²) >= 11 is 12.2. The van der Waals surface area contributed by atoms with Crippen molar-refractivity contribution in [1.29, 1.82) is 0 Å². The van der Waals surface area contributed by atoms with E-state index in [1.165, 1.54) is 4.90 Å². The highest BCUT2D eigenvalue weighted by Gasteiger charge is 2.31. The van der Waals surface area contributed by atoms with E-state index in [9.17, 15) is 9.59 Å². The van der Waals surface area contributed by atoms with Crippen molar-refractivity contribution < 1.29 is 14.7 Å². The number of carboxylic acid groups (broad SMARTS) is 1. The van der Waals surface area contributed by atoms with Gasteiger partial charge in [-0.1, -0.05) is 35.3 Å². The van der Waals surface area contributed by atoms with Gasteiger partial charge in [0.05, 0.1) is 16.1 Å². The molecule has 1 amide bonds. The van der Waals surface area contributed by atoms with Gasteiger partial charge in [0.2, 0.25) is 5.91 Å². The van der Waals surface area contributed by atoms with E-state index < -0.39 is 5.97 Å². The minimum Gasteiger partial charge on any atom is -0.480 e. The Kier molecular flexibility index (Phi) is 6.27. The number of amides is 1. The molecule has 23 heavy (non-hydrogen) atoms. The Morgan fingerprint density at radius 2 is 2.13 bits per heavy atom. The molecule has 5 nitrogen and oxygen atoms in total. The van der Waals surface area contributed by atoms with Crippen LogP contribution in [0, 0.1) is 0 Å². The fourth-order valence-electron chi connectivity index (χ4n) is 2.86. The summed E-state index contributed by atoms with van der Waals surface area (Å²) in [5, 5.41) is 9.94. The highest BCUT2D eigenvalue weighted by Crippen LogP contribution is 2.27. The summed E-state index contributed by atoms with van der Waals surface area (Å²) in [5.74, 6) is -1.12. The number of hydrogen-bond acceptors (Lipinski definition) is 3. The summed E-state index contributed by atoms with van der Waals surface area (Å²) in [6, 6.07) is 5.08. The number of benzene rings is 1. The zero-order valence-electron chi connectivity index (χ0n) is 13.0. The third-order valence-electron chi connectivity index (χ3n) is 4.06. The SMILES string of the molecule is CN(Cc1cccc(Cl)c1Cl)C1CCCCN(CC(=O)O)C1=O. The molecule has 0 aromatic heterocycles. The molecule has 0 spiro atoms. The Balaban J connectivity index is 2.13. The van der Waals surface area contributed by atoms with Crippen LogP contribution in [0.1, 0.15) is 24.8 Å². The Bertz CT molecular complexity index is 595. The molecule has 0 saturated carbocycles. The van der Waals surface area contributed by atoms with E-state index in [2.05, 4.69) is 0 Å². The molecule has 1 aliphatic heterocycles. The smallest absolute Gasteiger partial charge is 0.323 e. The molecule has 1 aliphatic rings. The van der Waals surface area contributed by atoms with E-state index in [1.54, 1.807) is 6.07 Å². The maximum absolute atomic E-state index is 12.6. The molecule has 1 aromatic carbocycles. The standard InChI is InChI=1S/C16H20Cl2N2O3/c1-19(9-11-5-4-6-12(17)15(11)18)13-7-2-3-8-20(16(13)23)10-14(21)22/h4-6,13H,2-3,7-10H2,1H3,(H,21,22). The fraction of sp³-hybridized carbons (Fsp3) is 0.500. The summed E-state index contributed by atoms with van der Waals surface area (Å²) in [6.45, 7) is 0.727. The molecule has 1 fully saturated rings. The molecular formula is C16H20Cl2N2O3. The number of rotatable bonds is 5. The van der Waals surface area contributed by atoms with Crippen molar-refractivity contribution in [3.05, 3.63) is 33.8 Å². The maximum atomic E-state index is 12.6. The van der Waals surface area contributed by atoms with Crippen LogP contribution in [-0.4, -0.2) is 53.0 Å². The van der Waals surface area contributed by atoms with Crippen LogP contribution in [0.3, 0.4) is 0 Å². The highest BCUT2D eigenvalue weighted by atomic mass is 35.5. The van der Waals surface area contributed by atoms with Crippen LogP contribution in [0.15, 0.2) is 18.2 Å². The van der Waals surface area contributed by atoms with Crippen LogP contribution < -0.4 is 0 Å². The number of aliphatic carboxylic acids is 1. The topological polar surface area (TPSA) is 60.9 Å². The van der Waals surface area contributed by atoms with Gasteiger partial charge in [-0.15, -0.1) is 0 Å². The fourth-order valence-corrected chi connectivity index (χ4v) is 3.24. The lowest BCUT2D eigenvalue weighted by Gasteiger charge is -2.29. The van der Waals surface area contributed by atoms with Crippen LogP contribution in [0.4, 0.5) is 0 Å². The molecule has 2 rings (SSSR count). The van der Waals surface area contributed by atoms with E-state index in [-0.39, 0.29) is 18.5 Å². The number of likely N-dealkylation sites (N-methyl/N-ethyl adjacent to an activating group) is 1.